The second-order valence-electron chi connectivity index (χ2n) is 5.76. The molecule has 0 aliphatic carbocycles. The summed E-state index contributed by atoms with van der Waals surface area (Å²) in [7, 11) is 0. The van der Waals surface area contributed by atoms with E-state index in [2.05, 4.69) is 42.2 Å². The van der Waals surface area contributed by atoms with E-state index in [1.165, 1.54) is 0 Å². The van der Waals surface area contributed by atoms with Crippen LogP contribution >= 0.6 is 34.1 Å². The molecule has 1 atom stereocenters. The van der Waals surface area contributed by atoms with Crippen molar-refractivity contribution in [2.45, 2.75) is 40.0 Å². The predicted octanol–water partition coefficient (Wildman–Crippen LogP) is 3.87. The third-order valence-electron chi connectivity index (χ3n) is 3.32. The van der Waals surface area contributed by atoms with Crippen molar-refractivity contribution in [3.8, 4) is 0 Å². The topological polar surface area (TPSA) is 44.9 Å². The van der Waals surface area contributed by atoms with Crippen LogP contribution in [-0.2, 0) is 0 Å². The van der Waals surface area contributed by atoms with Crippen LogP contribution in [0.5, 0.6) is 0 Å². The first-order valence-electron chi connectivity index (χ1n) is 6.34. The number of hydrogen-bond donors (Lipinski definition) is 2. The number of aromatic nitrogens is 1. The molecule has 0 amide bonds. The Kier molecular flexibility index (Phi) is 6.25. The molecule has 0 spiro atoms. The van der Waals surface area contributed by atoms with E-state index < -0.39 is 0 Å². The summed E-state index contributed by atoms with van der Waals surface area (Å²) in [5, 5.41) is 5.21. The van der Waals surface area contributed by atoms with Crippen LogP contribution < -0.4 is 5.32 Å². The number of nitrogens with one attached hydrogen (secondary N) is 2. The first-order chi connectivity index (χ1) is 9.30. The highest BCUT2D eigenvalue weighted by molar-refractivity contribution is 14.1. The highest BCUT2D eigenvalue weighted by Crippen LogP contribution is 2.34. The van der Waals surface area contributed by atoms with Gasteiger partial charge in [0.25, 0.3) is 0 Å². The minimum atomic E-state index is -0.187. The first kappa shape index (κ1) is 17.7. The quantitative estimate of drug-likeness (QED) is 0.449. The molecule has 2 N–H and O–H groups in total. The number of Topliss-reactive ketones (excluding diaryl/α,β-unsaturated/α-hetero) is 1. The standard InChI is InChI=1S/C14H20N2OS.BI/c1-8-9(2)15-6-10(8)12(17)13-16-11(7-18-13)14(3,4)5;1-2/h6-7,13,15-16H,1-5H3;. The van der Waals surface area contributed by atoms with Crippen molar-refractivity contribution >= 4 is 45.6 Å². The Balaban J connectivity index is 0.000000956. The predicted molar refractivity (Wildman–Crippen MR) is 96.4 cm³/mol. The van der Waals surface area contributed by atoms with Gasteiger partial charge in [0.2, 0.25) is 0 Å². The summed E-state index contributed by atoms with van der Waals surface area (Å²) in [6.07, 6.45) is 1.81. The van der Waals surface area contributed by atoms with E-state index in [1.54, 1.807) is 34.1 Å². The summed E-state index contributed by atoms with van der Waals surface area (Å²) in [6.45, 7) is 10.4. The van der Waals surface area contributed by atoms with Gasteiger partial charge in [-0.05, 0) is 24.8 Å². The Morgan fingerprint density at radius 2 is 1.95 bits per heavy atom. The molecule has 108 valence electrons. The van der Waals surface area contributed by atoms with Crippen molar-refractivity contribution in [1.29, 1.82) is 0 Å². The van der Waals surface area contributed by atoms with Crippen molar-refractivity contribution in [3.05, 3.63) is 34.1 Å². The molecule has 2 radical (unpaired) electrons. The summed E-state index contributed by atoms with van der Waals surface area (Å²) < 4.78 is 0. The molecule has 2 heterocycles. The molecule has 0 aromatic carbocycles. The van der Waals surface area contributed by atoms with E-state index in [1.807, 2.05) is 20.0 Å². The van der Waals surface area contributed by atoms with Crippen LogP contribution in [0.25, 0.3) is 0 Å². The molecule has 1 aliphatic heterocycles. The van der Waals surface area contributed by atoms with Crippen LogP contribution in [0.3, 0.4) is 0 Å². The molecular weight excluding hydrogens is 382 g/mol. The van der Waals surface area contributed by atoms with Gasteiger partial charge in [-0.3, -0.25) is 4.79 Å². The van der Waals surface area contributed by atoms with Gasteiger partial charge in [0.15, 0.2) is 11.5 Å². The molecule has 0 saturated heterocycles. The number of carbonyl (C=O) groups is 1. The normalized spacial score (nSPS) is 17.9. The summed E-state index contributed by atoms with van der Waals surface area (Å²) in [5.41, 5.74) is 8.57. The summed E-state index contributed by atoms with van der Waals surface area (Å²) in [6, 6.07) is 0. The zero-order valence-corrected chi connectivity index (χ0v) is 15.5. The number of halogens is 1. The number of rotatable bonds is 2. The molecule has 0 bridgehead atoms. The Morgan fingerprint density at radius 1 is 1.35 bits per heavy atom. The van der Waals surface area contributed by atoms with E-state index >= 15 is 0 Å². The van der Waals surface area contributed by atoms with Crippen molar-refractivity contribution in [3.63, 3.8) is 0 Å². The lowest BCUT2D eigenvalue weighted by molar-refractivity contribution is 0.0981. The van der Waals surface area contributed by atoms with E-state index in [9.17, 15) is 4.79 Å². The van der Waals surface area contributed by atoms with Gasteiger partial charge < -0.3 is 10.3 Å². The van der Waals surface area contributed by atoms with Gasteiger partial charge in [-0.15, -0.1) is 0 Å². The number of aryl methyl sites for hydroxylation is 1. The second kappa shape index (κ2) is 7.07. The molecule has 0 fully saturated rings. The van der Waals surface area contributed by atoms with Gasteiger partial charge in [0.05, 0.1) is 0 Å². The first-order valence-corrected chi connectivity index (χ1v) is 8.53. The summed E-state index contributed by atoms with van der Waals surface area (Å²) in [4.78, 5) is 15.5. The number of allylic oxidation sites excluding steroid dienone is 1. The Labute approximate surface area is 140 Å². The SMILES string of the molecule is Cc1[nH]cc(C(=O)C2NC(C(C)(C)C)=CS2)c1C.[B]I. The van der Waals surface area contributed by atoms with Crippen molar-refractivity contribution in [2.75, 3.05) is 0 Å². The minimum Gasteiger partial charge on any atom is -0.369 e. The van der Waals surface area contributed by atoms with Crippen molar-refractivity contribution in [1.82, 2.24) is 10.3 Å². The Hall–Kier alpha value is -0.365. The zero-order chi connectivity index (χ0) is 15.5. The van der Waals surface area contributed by atoms with Gasteiger partial charge in [-0.2, -0.15) is 22.4 Å². The van der Waals surface area contributed by atoms with Gasteiger partial charge >= 0.3 is 0 Å². The number of aromatic amines is 1. The van der Waals surface area contributed by atoms with Crippen LogP contribution in [0.15, 0.2) is 17.3 Å². The number of carbonyl (C=O) groups excluding carboxylic acids is 1. The Bertz CT molecular complexity index is 520. The lowest BCUT2D eigenvalue weighted by Crippen LogP contribution is -2.33. The molecule has 6 heteroatoms. The van der Waals surface area contributed by atoms with Crippen LogP contribution in [-0.4, -0.2) is 21.8 Å². The molecule has 0 saturated carbocycles. The minimum absolute atomic E-state index is 0.0607. The summed E-state index contributed by atoms with van der Waals surface area (Å²) in [5.74, 6) is 0.150. The van der Waals surface area contributed by atoms with Crippen LogP contribution in [0.1, 0.15) is 42.4 Å². The monoisotopic (exact) mass is 402 g/mol. The third-order valence-corrected chi connectivity index (χ3v) is 4.30. The van der Waals surface area contributed by atoms with E-state index in [0.29, 0.717) is 0 Å². The highest BCUT2D eigenvalue weighted by atomic mass is 127. The lowest BCUT2D eigenvalue weighted by atomic mass is 9.93. The second-order valence-corrected chi connectivity index (χ2v) is 6.74. The fourth-order valence-corrected chi connectivity index (χ4v) is 3.00. The highest BCUT2D eigenvalue weighted by Gasteiger charge is 2.31. The molecule has 1 unspecified atom stereocenters. The van der Waals surface area contributed by atoms with E-state index in [4.69, 9.17) is 0 Å². The number of H-pyrrole nitrogens is 1. The van der Waals surface area contributed by atoms with E-state index in [-0.39, 0.29) is 16.6 Å². The third kappa shape index (κ3) is 3.84. The summed E-state index contributed by atoms with van der Waals surface area (Å²) >= 11 is 3.21. The van der Waals surface area contributed by atoms with E-state index in [0.717, 1.165) is 22.5 Å². The van der Waals surface area contributed by atoms with Gasteiger partial charge in [0, 0.05) is 28.6 Å². The van der Waals surface area contributed by atoms with Gasteiger partial charge in [-0.1, -0.05) is 32.5 Å². The maximum Gasteiger partial charge on any atom is 0.197 e. The maximum atomic E-state index is 12.4. The average molecular weight is 402 g/mol. The molecule has 3 nitrogen and oxygen atoms in total. The van der Waals surface area contributed by atoms with Gasteiger partial charge in [0.1, 0.15) is 5.37 Å². The van der Waals surface area contributed by atoms with Gasteiger partial charge in [-0.25, -0.2) is 0 Å². The zero-order valence-electron chi connectivity index (χ0n) is 12.5. The van der Waals surface area contributed by atoms with Crippen LogP contribution in [0.4, 0.5) is 0 Å². The Morgan fingerprint density at radius 3 is 2.35 bits per heavy atom. The number of ketones is 1. The number of thioether (sulfide) groups is 1. The van der Waals surface area contributed by atoms with Crippen LogP contribution in [0.2, 0.25) is 0 Å². The fraction of sp³-hybridized carbons (Fsp3) is 0.500. The molecule has 1 aromatic rings. The smallest absolute Gasteiger partial charge is 0.197 e. The fourth-order valence-electron chi connectivity index (χ4n) is 1.86. The molecule has 1 aliphatic rings. The van der Waals surface area contributed by atoms with Crippen molar-refractivity contribution in [2.24, 2.45) is 5.41 Å². The van der Waals surface area contributed by atoms with Crippen LogP contribution in [0, 0.1) is 19.3 Å². The molecule has 2 rings (SSSR count). The number of hydrogen-bond acceptors (Lipinski definition) is 3. The lowest BCUT2D eigenvalue weighted by Gasteiger charge is -2.22. The molecule has 1 aromatic heterocycles. The largest absolute Gasteiger partial charge is 0.369 e. The van der Waals surface area contributed by atoms with Crippen molar-refractivity contribution < 1.29 is 4.79 Å². The average Bonchev–Trinajstić information content (AvgIpc) is 3.00. The molecular formula is C14H20BIN2OS. The molecule has 20 heavy (non-hydrogen) atoms. The maximum absolute atomic E-state index is 12.4.